The highest BCUT2D eigenvalue weighted by Crippen LogP contribution is 2.43. The van der Waals surface area contributed by atoms with Crippen molar-refractivity contribution in [3.05, 3.63) is 95.6 Å². The van der Waals surface area contributed by atoms with Gasteiger partial charge in [-0.3, -0.25) is 33.6 Å². The first-order valence-corrected chi connectivity index (χ1v) is 36.5. The number of amides is 3. The lowest BCUT2D eigenvalue weighted by Crippen LogP contribution is -2.47. The van der Waals surface area contributed by atoms with Crippen LogP contribution in [0, 0.1) is 35.5 Å². The van der Waals surface area contributed by atoms with Gasteiger partial charge < -0.3 is 63.3 Å². The van der Waals surface area contributed by atoms with Gasteiger partial charge in [0.25, 0.3) is 0 Å². The number of methoxy groups -OCH3 is 2. The highest BCUT2D eigenvalue weighted by atomic mass is 16.7. The van der Waals surface area contributed by atoms with Crippen LogP contribution in [0.1, 0.15) is 213 Å². The number of benzene rings is 3. The van der Waals surface area contributed by atoms with Gasteiger partial charge in [-0.2, -0.15) is 0 Å². The Morgan fingerprint density at radius 2 is 1.00 bits per heavy atom. The molecule has 3 aliphatic rings. The van der Waals surface area contributed by atoms with E-state index in [2.05, 4.69) is 52.2 Å². The number of β-amino-alcohol motifs (C(OH)–C–C–N with tert-alkyl or cyclic N) is 1. The van der Waals surface area contributed by atoms with Crippen LogP contribution < -0.4 is 20.1 Å². The average molecular weight is 1370 g/mol. The van der Waals surface area contributed by atoms with Crippen LogP contribution in [0.25, 0.3) is 0 Å². The second-order valence-electron chi connectivity index (χ2n) is 27.7. The predicted octanol–water partition coefficient (Wildman–Crippen LogP) is 12.3. The number of unbranched alkanes of at least 4 members (excludes halogenated alkanes) is 9. The highest BCUT2D eigenvalue weighted by molar-refractivity contribution is 5.89. The van der Waals surface area contributed by atoms with E-state index in [4.69, 9.17) is 42.6 Å². The van der Waals surface area contributed by atoms with E-state index in [0.29, 0.717) is 133 Å². The molecule has 3 saturated heterocycles. The van der Waals surface area contributed by atoms with Crippen LogP contribution in [0.3, 0.4) is 0 Å². The number of aliphatic hydroxyl groups is 1. The van der Waals surface area contributed by atoms with Crippen LogP contribution in [0.15, 0.2) is 78.9 Å². The quantitative estimate of drug-likeness (QED) is 0.0270. The van der Waals surface area contributed by atoms with E-state index in [-0.39, 0.29) is 122 Å². The minimum Gasteiger partial charge on any atom is -0.497 e. The largest absolute Gasteiger partial charge is 0.497 e. The Morgan fingerprint density at radius 1 is 0.531 bits per heavy atom. The minimum atomic E-state index is -1.06. The summed E-state index contributed by atoms with van der Waals surface area (Å²) in [5.41, 5.74) is 1.61. The zero-order chi connectivity index (χ0) is 71.0. The maximum Gasteiger partial charge on any atom is 0.302 e. The van der Waals surface area contributed by atoms with Gasteiger partial charge in [0.15, 0.2) is 18.4 Å². The third-order valence-corrected chi connectivity index (χ3v) is 20.6. The Bertz CT molecular complexity index is 2830. The van der Waals surface area contributed by atoms with E-state index < -0.39 is 30.3 Å². The molecule has 0 spiro atoms. The normalized spacial score (nSPS) is 23.5. The third-order valence-electron chi connectivity index (χ3n) is 20.6. The van der Waals surface area contributed by atoms with E-state index in [1.165, 1.54) is 13.8 Å². The molecule has 0 saturated carbocycles. The zero-order valence-electron chi connectivity index (χ0n) is 60.4. The summed E-state index contributed by atoms with van der Waals surface area (Å²) in [6.07, 6.45) is 10.7. The smallest absolute Gasteiger partial charge is 0.302 e. The van der Waals surface area contributed by atoms with Gasteiger partial charge in [0.05, 0.1) is 51.2 Å². The average Bonchev–Trinajstić information content (AvgIpc) is 0.862. The van der Waals surface area contributed by atoms with Crippen LogP contribution in [0.4, 0.5) is 0 Å². The Kier molecular flexibility index (Phi) is 35.2. The summed E-state index contributed by atoms with van der Waals surface area (Å²) >= 11 is 0. The van der Waals surface area contributed by atoms with Gasteiger partial charge in [-0.15, -0.1) is 0 Å². The number of Topliss-reactive ketones (excluding diaryl/α,β-unsaturated/α-hetero) is 2. The van der Waals surface area contributed by atoms with Crippen LogP contribution in [-0.2, 0) is 72.3 Å². The van der Waals surface area contributed by atoms with E-state index in [1.807, 2.05) is 78.9 Å². The minimum absolute atomic E-state index is 0.0230. The molecule has 6 rings (SSSR count). The molecule has 20 nitrogen and oxygen atoms in total. The molecule has 3 aromatic carbocycles. The third kappa shape index (κ3) is 25.7. The fraction of sp³-hybridized carbons (Fsp3) is 0.679. The Morgan fingerprint density at radius 3 is 1.50 bits per heavy atom. The molecule has 10 unspecified atom stereocenters. The number of rotatable bonds is 45. The van der Waals surface area contributed by atoms with Crippen molar-refractivity contribution in [3.63, 3.8) is 0 Å². The molecule has 3 N–H and O–H groups in total. The summed E-state index contributed by atoms with van der Waals surface area (Å²) in [6.45, 7) is 17.5. The number of likely N-dealkylation sites (tertiary alicyclic amines) is 1. The van der Waals surface area contributed by atoms with Gasteiger partial charge in [0.2, 0.25) is 17.7 Å². The lowest BCUT2D eigenvalue weighted by molar-refractivity contribution is -0.255. The molecule has 3 heterocycles. The molecule has 98 heavy (non-hydrogen) atoms. The van der Waals surface area contributed by atoms with Crippen LogP contribution >= 0.6 is 0 Å². The number of nitrogens with zero attached hydrogens (tertiary/aromatic N) is 1. The van der Waals surface area contributed by atoms with Crippen LogP contribution in [0.5, 0.6) is 11.5 Å². The molecule has 3 aromatic rings. The number of hydrogen-bond donors (Lipinski definition) is 3. The number of ketones is 2. The van der Waals surface area contributed by atoms with Crippen molar-refractivity contribution in [1.29, 1.82) is 0 Å². The standard InChI is InChI=1S/C78H117N3O17/c1-53-55(3)71(51-94-59(7)82)97-76(57(53)5)92-46-26-23-34-73(87)79-45-25-22-32-69(80-74(88)35-24-27-47-93-77-58(6)54(2)56(4)72(98-77)52-95-60(8)83)70(86)33-20-13-11-18-30-65(84)31-19-12-14-21-36-75(89)81-49-66(85)48-64(81)50-96-78(61-28-16-15-17-29-61,62-37-41-67(90-9)42-38-62)63-39-43-68(91-10)44-40-63/h15-17,28-29,37-44,53-58,64,66,69,71-72,76-77,85H,11-14,18-27,30-36,45-52H2,1-10H3,(H,79,87)(H,80,88)/t53?,54?,55?,56?,57?,58?,64-,66+,69-,71?,72?,76?,77?/m0/s1. The number of carbonyl (C=O) groups excluding carboxylic acids is 7. The van der Waals surface area contributed by atoms with Crippen LogP contribution in [0.2, 0.25) is 0 Å². The maximum absolute atomic E-state index is 13.9. The van der Waals surface area contributed by atoms with Crippen molar-refractivity contribution in [1.82, 2.24) is 15.5 Å². The molecule has 0 aromatic heterocycles. The predicted molar refractivity (Wildman–Crippen MR) is 374 cm³/mol. The molecule has 546 valence electrons. The SMILES string of the molecule is COc1ccc(C(OC[C@@H]2C[C@@H](O)CN2C(=O)CCCCCCC(=O)CCCCCCC(=O)[C@H](CCCCNC(=O)CCCCOC2OC(COC(C)=O)C(C)C(C)C2C)NC(=O)CCCCOC2OC(COC(C)=O)C(C)C(C)C2C)(c2ccccc2)c2ccc(OC)cc2)cc1. The summed E-state index contributed by atoms with van der Waals surface area (Å²) in [4.78, 5) is 91.6. The van der Waals surface area contributed by atoms with Crippen molar-refractivity contribution >= 4 is 41.2 Å². The fourth-order valence-corrected chi connectivity index (χ4v) is 13.7. The maximum atomic E-state index is 13.9. The van der Waals surface area contributed by atoms with Crippen molar-refractivity contribution in [2.45, 2.75) is 245 Å². The highest BCUT2D eigenvalue weighted by Gasteiger charge is 2.44. The lowest BCUT2D eigenvalue weighted by Gasteiger charge is -2.43. The second-order valence-corrected chi connectivity index (χ2v) is 27.7. The Balaban J connectivity index is 0.885. The molecule has 13 atom stereocenters. The van der Waals surface area contributed by atoms with Gasteiger partial charge in [-0.05, 0) is 142 Å². The zero-order valence-corrected chi connectivity index (χ0v) is 60.4. The number of aliphatic hydroxyl groups excluding tert-OH is 1. The summed E-state index contributed by atoms with van der Waals surface area (Å²) in [7, 11) is 3.26. The first-order valence-electron chi connectivity index (χ1n) is 36.5. The number of esters is 2. The Hall–Kier alpha value is -6.29. The van der Waals surface area contributed by atoms with Crippen molar-refractivity contribution in [2.24, 2.45) is 35.5 Å². The lowest BCUT2D eigenvalue weighted by atomic mass is 9.79. The van der Waals surface area contributed by atoms with Gasteiger partial charge >= 0.3 is 11.9 Å². The molecule has 0 aliphatic carbocycles. The number of carbonyl (C=O) groups is 7. The summed E-state index contributed by atoms with van der Waals surface area (Å²) < 4.78 is 53.4. The van der Waals surface area contributed by atoms with E-state index in [9.17, 15) is 38.7 Å². The molecule has 20 heteroatoms. The summed E-state index contributed by atoms with van der Waals surface area (Å²) in [5.74, 6) is 1.90. The van der Waals surface area contributed by atoms with Crippen molar-refractivity contribution in [3.8, 4) is 11.5 Å². The van der Waals surface area contributed by atoms with Gasteiger partial charge in [-0.25, -0.2) is 0 Å². The Labute approximate surface area is 583 Å². The molecule has 3 amide bonds. The first-order chi connectivity index (χ1) is 47.1. The molecular weight excluding hydrogens is 1250 g/mol. The van der Waals surface area contributed by atoms with E-state index in [0.717, 1.165) is 55.2 Å². The molecule has 3 aliphatic heterocycles. The number of hydrogen-bond acceptors (Lipinski definition) is 17. The summed E-state index contributed by atoms with van der Waals surface area (Å²) in [5, 5.41) is 17.0. The van der Waals surface area contributed by atoms with Gasteiger partial charge in [0.1, 0.15) is 36.1 Å². The van der Waals surface area contributed by atoms with Crippen molar-refractivity contribution in [2.75, 3.05) is 60.3 Å². The molecule has 3 fully saturated rings. The van der Waals surface area contributed by atoms with E-state index >= 15 is 0 Å². The van der Waals surface area contributed by atoms with Crippen LogP contribution in [-0.4, -0.2) is 155 Å². The molecule has 0 bridgehead atoms. The van der Waals surface area contributed by atoms with Gasteiger partial charge in [0, 0.05) is 90.5 Å². The number of ether oxygens (including phenoxy) is 9. The van der Waals surface area contributed by atoms with E-state index in [1.54, 1.807) is 19.1 Å². The van der Waals surface area contributed by atoms with Crippen molar-refractivity contribution < 1.29 is 81.3 Å². The topological polar surface area (TPSA) is 250 Å². The first kappa shape index (κ1) is 80.7. The molecule has 0 radical (unpaired) electrons. The monoisotopic (exact) mass is 1370 g/mol. The summed E-state index contributed by atoms with van der Waals surface area (Å²) in [6, 6.07) is 24.6. The fourth-order valence-electron chi connectivity index (χ4n) is 13.7. The molecular formula is C78H117N3O17. The second kappa shape index (κ2) is 42.7. The van der Waals surface area contributed by atoms with Gasteiger partial charge in [-0.1, -0.05) is 122 Å². The number of nitrogens with one attached hydrogen (secondary N) is 2.